The average Bonchev–Trinajstić information content (AvgIpc) is 2.29. The molecule has 1 amide bonds. The van der Waals surface area contributed by atoms with Gasteiger partial charge in [-0.2, -0.15) is 5.26 Å². The Bertz CT molecular complexity index is 454. The van der Waals surface area contributed by atoms with E-state index in [0.717, 1.165) is 12.1 Å². The van der Waals surface area contributed by atoms with Crippen LogP contribution in [0.2, 0.25) is 0 Å². The summed E-state index contributed by atoms with van der Waals surface area (Å²) in [5.74, 6) is -2.56. The van der Waals surface area contributed by atoms with Crippen LogP contribution in [0.25, 0.3) is 0 Å². The summed E-state index contributed by atoms with van der Waals surface area (Å²) in [5.41, 5.74) is 0.188. The van der Waals surface area contributed by atoms with Gasteiger partial charge in [-0.25, -0.2) is 8.78 Å². The molecule has 0 aliphatic carbocycles. The maximum atomic E-state index is 13.2. The number of carbonyl (C=O) groups is 1. The van der Waals surface area contributed by atoms with Crippen molar-refractivity contribution in [1.29, 1.82) is 5.26 Å². The third-order valence-corrected chi connectivity index (χ3v) is 2.35. The molecular formula is C12H12F2N2O. The van der Waals surface area contributed by atoms with Gasteiger partial charge in [-0.1, -0.05) is 13.0 Å². The number of amides is 1. The quantitative estimate of drug-likeness (QED) is 0.873. The van der Waals surface area contributed by atoms with Crippen molar-refractivity contribution < 1.29 is 13.6 Å². The first-order chi connectivity index (χ1) is 8.08. The summed E-state index contributed by atoms with van der Waals surface area (Å²) in [7, 11) is 0. The number of hydrogen-bond acceptors (Lipinski definition) is 2. The molecule has 3 nitrogen and oxygen atoms in total. The van der Waals surface area contributed by atoms with Gasteiger partial charge in [-0.15, -0.1) is 0 Å². The smallest absolute Gasteiger partial charge is 0.237 e. The second-order valence-corrected chi connectivity index (χ2v) is 3.54. The summed E-state index contributed by atoms with van der Waals surface area (Å²) in [6.07, 6.45) is 0.397. The molecule has 0 bridgehead atoms. The van der Waals surface area contributed by atoms with Crippen LogP contribution in [0.4, 0.5) is 8.78 Å². The highest BCUT2D eigenvalue weighted by Crippen LogP contribution is 2.09. The van der Waals surface area contributed by atoms with E-state index in [1.165, 1.54) is 6.07 Å². The SMILES string of the molecule is CCC(C#N)C(=O)NCc1ccc(F)cc1F. The molecule has 0 spiro atoms. The van der Waals surface area contributed by atoms with Gasteiger partial charge < -0.3 is 5.32 Å². The lowest BCUT2D eigenvalue weighted by molar-refractivity contribution is -0.123. The zero-order valence-corrected chi connectivity index (χ0v) is 9.34. The lowest BCUT2D eigenvalue weighted by Crippen LogP contribution is -2.29. The van der Waals surface area contributed by atoms with E-state index in [2.05, 4.69) is 5.32 Å². The zero-order chi connectivity index (χ0) is 12.8. The minimum atomic E-state index is -0.737. The van der Waals surface area contributed by atoms with E-state index in [1.54, 1.807) is 6.92 Å². The van der Waals surface area contributed by atoms with E-state index in [9.17, 15) is 13.6 Å². The highest BCUT2D eigenvalue weighted by Gasteiger charge is 2.15. The van der Waals surface area contributed by atoms with E-state index >= 15 is 0 Å². The number of nitrogens with one attached hydrogen (secondary N) is 1. The molecule has 0 radical (unpaired) electrons. The van der Waals surface area contributed by atoms with E-state index in [1.807, 2.05) is 6.07 Å². The van der Waals surface area contributed by atoms with Crippen molar-refractivity contribution in [1.82, 2.24) is 5.32 Å². The molecule has 1 rings (SSSR count). The number of nitriles is 1. The second kappa shape index (κ2) is 5.94. The van der Waals surface area contributed by atoms with Crippen molar-refractivity contribution in [3.63, 3.8) is 0 Å². The molecule has 1 aromatic rings. The summed E-state index contributed by atoms with van der Waals surface area (Å²) in [6.45, 7) is 1.66. The number of rotatable bonds is 4. The first-order valence-corrected chi connectivity index (χ1v) is 5.19. The van der Waals surface area contributed by atoms with Crippen LogP contribution in [0.15, 0.2) is 18.2 Å². The van der Waals surface area contributed by atoms with Gasteiger partial charge in [0, 0.05) is 18.2 Å². The van der Waals surface area contributed by atoms with Gasteiger partial charge in [0.25, 0.3) is 0 Å². The van der Waals surface area contributed by atoms with Crippen LogP contribution in [0.5, 0.6) is 0 Å². The van der Waals surface area contributed by atoms with Crippen LogP contribution in [-0.2, 0) is 11.3 Å². The molecule has 0 aliphatic heterocycles. The summed E-state index contributed by atoms with van der Waals surface area (Å²) >= 11 is 0. The fraction of sp³-hybridized carbons (Fsp3) is 0.333. The molecule has 0 aromatic heterocycles. The lowest BCUT2D eigenvalue weighted by Gasteiger charge is -2.08. The standard InChI is InChI=1S/C12H12F2N2O/c1-2-8(6-15)12(17)16-7-9-3-4-10(13)5-11(9)14/h3-5,8H,2,7H2,1H3,(H,16,17). The first-order valence-electron chi connectivity index (χ1n) is 5.19. The van der Waals surface area contributed by atoms with Crippen LogP contribution >= 0.6 is 0 Å². The highest BCUT2D eigenvalue weighted by atomic mass is 19.1. The summed E-state index contributed by atoms with van der Waals surface area (Å²) in [4.78, 5) is 11.4. The summed E-state index contributed by atoms with van der Waals surface area (Å²) in [6, 6.07) is 4.98. The second-order valence-electron chi connectivity index (χ2n) is 3.54. The molecule has 90 valence electrons. The Morgan fingerprint density at radius 1 is 1.53 bits per heavy atom. The fourth-order valence-corrected chi connectivity index (χ4v) is 1.31. The predicted octanol–water partition coefficient (Wildman–Crippen LogP) is 2.13. The lowest BCUT2D eigenvalue weighted by atomic mass is 10.1. The third kappa shape index (κ3) is 3.52. The van der Waals surface area contributed by atoms with Crippen LogP contribution in [0.3, 0.4) is 0 Å². The van der Waals surface area contributed by atoms with Crippen molar-refractivity contribution in [2.45, 2.75) is 19.9 Å². The molecule has 1 unspecified atom stereocenters. The van der Waals surface area contributed by atoms with Crippen LogP contribution < -0.4 is 5.32 Å². The minimum Gasteiger partial charge on any atom is -0.351 e. The number of halogens is 2. The van der Waals surface area contributed by atoms with E-state index in [0.29, 0.717) is 6.42 Å². The van der Waals surface area contributed by atoms with Gasteiger partial charge in [0.1, 0.15) is 17.6 Å². The monoisotopic (exact) mass is 238 g/mol. The molecular weight excluding hydrogens is 226 g/mol. The Kier molecular flexibility index (Phi) is 4.58. The highest BCUT2D eigenvalue weighted by molar-refractivity contribution is 5.80. The van der Waals surface area contributed by atoms with Crippen molar-refractivity contribution in [3.05, 3.63) is 35.4 Å². The topological polar surface area (TPSA) is 52.9 Å². The first kappa shape index (κ1) is 13.1. The van der Waals surface area contributed by atoms with Crippen LogP contribution in [0.1, 0.15) is 18.9 Å². The Morgan fingerprint density at radius 3 is 2.76 bits per heavy atom. The molecule has 0 heterocycles. The Hall–Kier alpha value is -1.96. The number of carbonyl (C=O) groups excluding carboxylic acids is 1. The average molecular weight is 238 g/mol. The fourth-order valence-electron chi connectivity index (χ4n) is 1.31. The molecule has 1 aromatic carbocycles. The molecule has 0 fully saturated rings. The van der Waals surface area contributed by atoms with Gasteiger partial charge >= 0.3 is 0 Å². The van der Waals surface area contributed by atoms with Crippen molar-refractivity contribution in [2.24, 2.45) is 5.92 Å². The Balaban J connectivity index is 2.62. The van der Waals surface area contributed by atoms with Gasteiger partial charge in [-0.3, -0.25) is 4.79 Å². The number of hydrogen-bond donors (Lipinski definition) is 1. The maximum absolute atomic E-state index is 13.2. The van der Waals surface area contributed by atoms with Gasteiger partial charge in [0.05, 0.1) is 6.07 Å². The molecule has 0 aliphatic rings. The third-order valence-electron chi connectivity index (χ3n) is 2.35. The van der Waals surface area contributed by atoms with Crippen LogP contribution in [0, 0.1) is 28.9 Å². The summed E-state index contributed by atoms with van der Waals surface area (Å²) < 4.78 is 25.8. The molecule has 0 saturated carbocycles. The van der Waals surface area contributed by atoms with Gasteiger partial charge in [0.2, 0.25) is 5.91 Å². The van der Waals surface area contributed by atoms with E-state index in [4.69, 9.17) is 5.26 Å². The van der Waals surface area contributed by atoms with Crippen molar-refractivity contribution in [2.75, 3.05) is 0 Å². The predicted molar refractivity (Wildman–Crippen MR) is 57.6 cm³/mol. The molecule has 17 heavy (non-hydrogen) atoms. The Morgan fingerprint density at radius 2 is 2.24 bits per heavy atom. The largest absolute Gasteiger partial charge is 0.351 e. The summed E-state index contributed by atoms with van der Waals surface area (Å²) in [5, 5.41) is 11.1. The Labute approximate surface area is 98.1 Å². The van der Waals surface area contributed by atoms with Gasteiger partial charge in [-0.05, 0) is 12.5 Å². The molecule has 0 saturated heterocycles. The molecule has 5 heteroatoms. The zero-order valence-electron chi connectivity index (χ0n) is 9.34. The van der Waals surface area contributed by atoms with Crippen molar-refractivity contribution >= 4 is 5.91 Å². The van der Waals surface area contributed by atoms with Crippen LogP contribution in [-0.4, -0.2) is 5.91 Å². The van der Waals surface area contributed by atoms with Gasteiger partial charge in [0.15, 0.2) is 0 Å². The number of benzene rings is 1. The normalized spacial score (nSPS) is 11.6. The molecule has 1 atom stereocenters. The maximum Gasteiger partial charge on any atom is 0.237 e. The van der Waals surface area contributed by atoms with Crippen molar-refractivity contribution in [3.8, 4) is 6.07 Å². The minimum absolute atomic E-state index is 0.0525. The molecule has 1 N–H and O–H groups in total. The number of nitrogens with zero attached hydrogens (tertiary/aromatic N) is 1. The van der Waals surface area contributed by atoms with E-state index in [-0.39, 0.29) is 12.1 Å². The van der Waals surface area contributed by atoms with E-state index < -0.39 is 23.5 Å².